The summed E-state index contributed by atoms with van der Waals surface area (Å²) >= 11 is 0. The number of pyridine rings is 1. The predicted molar refractivity (Wildman–Crippen MR) is 142 cm³/mol. The summed E-state index contributed by atoms with van der Waals surface area (Å²) in [5.41, 5.74) is 3.72. The van der Waals surface area contributed by atoms with Gasteiger partial charge in [-0.25, -0.2) is 9.78 Å². The Balaban J connectivity index is 1.43. The Morgan fingerprint density at radius 3 is 2.42 bits per heavy atom. The fraction of sp³-hybridized carbons (Fsp3) is 0.345. The molecule has 0 atom stereocenters. The monoisotopic (exact) mass is 483 g/mol. The molecule has 1 aliphatic carbocycles. The first-order valence-corrected chi connectivity index (χ1v) is 12.5. The van der Waals surface area contributed by atoms with Gasteiger partial charge >= 0.3 is 6.03 Å². The summed E-state index contributed by atoms with van der Waals surface area (Å²) in [7, 11) is 1.70. The van der Waals surface area contributed by atoms with Crippen LogP contribution in [0.4, 0.5) is 16.3 Å². The Hall–Kier alpha value is -3.89. The quantitative estimate of drug-likeness (QED) is 0.432. The van der Waals surface area contributed by atoms with Crippen LogP contribution in [0.25, 0.3) is 0 Å². The Labute approximate surface area is 213 Å². The number of nitrogens with one attached hydrogen (secondary N) is 2. The van der Waals surface area contributed by atoms with Crippen molar-refractivity contribution in [2.75, 3.05) is 23.9 Å². The van der Waals surface area contributed by atoms with Crippen molar-refractivity contribution in [3.8, 4) is 6.07 Å². The van der Waals surface area contributed by atoms with Crippen molar-refractivity contribution in [3.63, 3.8) is 0 Å². The molecule has 36 heavy (non-hydrogen) atoms. The normalized spacial score (nSPS) is 17.1. The maximum atomic E-state index is 13.4. The number of anilines is 2. The number of ether oxygens (including phenoxy) is 1. The van der Waals surface area contributed by atoms with Gasteiger partial charge in [0.05, 0.1) is 12.2 Å². The highest BCUT2D eigenvalue weighted by atomic mass is 16.5. The van der Waals surface area contributed by atoms with E-state index in [-0.39, 0.29) is 18.1 Å². The largest absolute Gasteiger partial charge is 0.384 e. The fourth-order valence-corrected chi connectivity index (χ4v) is 4.63. The Morgan fingerprint density at radius 2 is 1.78 bits per heavy atom. The maximum Gasteiger partial charge on any atom is 0.322 e. The van der Waals surface area contributed by atoms with Gasteiger partial charge in [-0.15, -0.1) is 0 Å². The van der Waals surface area contributed by atoms with Gasteiger partial charge in [-0.1, -0.05) is 42.5 Å². The number of rotatable bonds is 9. The zero-order chi connectivity index (χ0) is 25.2. The van der Waals surface area contributed by atoms with E-state index in [1.807, 2.05) is 53.4 Å². The molecule has 1 aromatic heterocycles. The van der Waals surface area contributed by atoms with Crippen molar-refractivity contribution in [3.05, 3.63) is 89.6 Å². The van der Waals surface area contributed by atoms with E-state index in [9.17, 15) is 4.79 Å². The topological polar surface area (TPSA) is 90.3 Å². The van der Waals surface area contributed by atoms with Crippen LogP contribution in [0.5, 0.6) is 0 Å². The molecule has 0 spiro atoms. The third-order valence-electron chi connectivity index (χ3n) is 6.62. The number of carbonyl (C=O) groups is 1. The van der Waals surface area contributed by atoms with Crippen molar-refractivity contribution in [2.24, 2.45) is 0 Å². The van der Waals surface area contributed by atoms with Gasteiger partial charge in [0, 0.05) is 37.6 Å². The average Bonchev–Trinajstić information content (AvgIpc) is 2.93. The van der Waals surface area contributed by atoms with Crippen LogP contribution < -0.4 is 15.5 Å². The SMILES string of the molecule is COCCc1ccc(N(C(=O)NCc2ccccc2)C2CCC(Nc3ccc(C#N)cn3)CC2)cc1. The van der Waals surface area contributed by atoms with Gasteiger partial charge in [0.2, 0.25) is 0 Å². The van der Waals surface area contributed by atoms with Gasteiger partial charge < -0.3 is 15.4 Å². The van der Waals surface area contributed by atoms with E-state index in [2.05, 4.69) is 33.8 Å². The van der Waals surface area contributed by atoms with Crippen molar-refractivity contribution in [1.29, 1.82) is 5.26 Å². The standard InChI is InChI=1S/C29H33N5O2/c1-36-18-17-22-7-12-26(13-8-22)34(29(35)32-20-23-5-3-2-4-6-23)27-14-10-25(11-15-27)33-28-16-9-24(19-30)21-31-28/h2-9,12-13,16,21,25,27H,10-11,14-15,17-18,20H2,1H3,(H,31,33)(H,32,35). The van der Waals surface area contributed by atoms with E-state index in [1.165, 1.54) is 5.56 Å². The van der Waals surface area contributed by atoms with Crippen LogP contribution in [0.1, 0.15) is 42.4 Å². The van der Waals surface area contributed by atoms with Crippen LogP contribution in [0.15, 0.2) is 72.9 Å². The first-order chi connectivity index (χ1) is 17.7. The minimum Gasteiger partial charge on any atom is -0.384 e. The summed E-state index contributed by atoms with van der Waals surface area (Å²) in [5.74, 6) is 0.779. The summed E-state index contributed by atoms with van der Waals surface area (Å²) in [5, 5.41) is 15.6. The number of carbonyl (C=O) groups excluding carboxylic acids is 1. The number of methoxy groups -OCH3 is 1. The van der Waals surface area contributed by atoms with Crippen LogP contribution in [0, 0.1) is 11.3 Å². The molecule has 0 bridgehead atoms. The fourth-order valence-electron chi connectivity index (χ4n) is 4.63. The molecular weight excluding hydrogens is 450 g/mol. The zero-order valence-corrected chi connectivity index (χ0v) is 20.7. The van der Waals surface area contributed by atoms with Gasteiger partial charge in [0.1, 0.15) is 11.9 Å². The van der Waals surface area contributed by atoms with Crippen LogP contribution in [0.3, 0.4) is 0 Å². The summed E-state index contributed by atoms with van der Waals surface area (Å²) in [4.78, 5) is 19.7. The number of aromatic nitrogens is 1. The molecule has 0 unspecified atom stereocenters. The third kappa shape index (κ3) is 6.83. The molecule has 2 aromatic carbocycles. The molecule has 0 saturated heterocycles. The van der Waals surface area contributed by atoms with Crippen molar-refractivity contribution < 1.29 is 9.53 Å². The molecule has 1 heterocycles. The molecule has 1 fully saturated rings. The highest BCUT2D eigenvalue weighted by Gasteiger charge is 2.30. The first-order valence-electron chi connectivity index (χ1n) is 12.5. The summed E-state index contributed by atoms with van der Waals surface area (Å²) in [6, 6.07) is 24.2. The summed E-state index contributed by atoms with van der Waals surface area (Å²) in [6.07, 6.45) is 6.07. The molecule has 186 valence electrons. The Kier molecular flexibility index (Phi) is 8.90. The lowest BCUT2D eigenvalue weighted by atomic mass is 9.89. The minimum atomic E-state index is -0.0753. The zero-order valence-electron chi connectivity index (χ0n) is 20.7. The predicted octanol–water partition coefficient (Wildman–Crippen LogP) is 5.28. The molecule has 2 amide bonds. The summed E-state index contributed by atoms with van der Waals surface area (Å²) in [6.45, 7) is 1.16. The molecule has 0 aliphatic heterocycles. The Morgan fingerprint density at radius 1 is 1.03 bits per heavy atom. The molecule has 2 N–H and O–H groups in total. The van der Waals surface area contributed by atoms with E-state index in [0.717, 1.165) is 49.2 Å². The van der Waals surface area contributed by atoms with Crippen LogP contribution in [-0.4, -0.2) is 36.8 Å². The van der Waals surface area contributed by atoms with Crippen molar-refractivity contribution in [1.82, 2.24) is 10.3 Å². The maximum absolute atomic E-state index is 13.4. The van der Waals surface area contributed by atoms with Crippen molar-refractivity contribution >= 4 is 17.5 Å². The average molecular weight is 484 g/mol. The number of hydrogen-bond donors (Lipinski definition) is 2. The highest BCUT2D eigenvalue weighted by molar-refractivity contribution is 5.92. The number of amides is 2. The van der Waals surface area contributed by atoms with E-state index >= 15 is 0 Å². The van der Waals surface area contributed by atoms with E-state index < -0.39 is 0 Å². The number of nitriles is 1. The van der Waals surface area contributed by atoms with E-state index in [1.54, 1.807) is 19.4 Å². The van der Waals surface area contributed by atoms with E-state index in [0.29, 0.717) is 18.7 Å². The lowest BCUT2D eigenvalue weighted by Crippen LogP contribution is -2.48. The van der Waals surface area contributed by atoms with Gasteiger partial charge in [0.25, 0.3) is 0 Å². The van der Waals surface area contributed by atoms with Crippen LogP contribution in [0.2, 0.25) is 0 Å². The van der Waals surface area contributed by atoms with Gasteiger partial charge in [-0.3, -0.25) is 4.90 Å². The minimum absolute atomic E-state index is 0.0753. The number of urea groups is 1. The summed E-state index contributed by atoms with van der Waals surface area (Å²) < 4.78 is 5.20. The first kappa shape index (κ1) is 25.2. The lowest BCUT2D eigenvalue weighted by molar-refractivity contribution is 0.202. The molecule has 7 nitrogen and oxygen atoms in total. The second-order valence-corrected chi connectivity index (χ2v) is 9.12. The van der Waals surface area contributed by atoms with Gasteiger partial charge in [0.15, 0.2) is 0 Å². The van der Waals surface area contributed by atoms with Crippen LogP contribution >= 0.6 is 0 Å². The highest BCUT2D eigenvalue weighted by Crippen LogP contribution is 2.29. The number of nitrogens with zero attached hydrogens (tertiary/aromatic N) is 3. The van der Waals surface area contributed by atoms with Crippen LogP contribution in [-0.2, 0) is 17.7 Å². The van der Waals surface area contributed by atoms with Gasteiger partial charge in [-0.2, -0.15) is 5.26 Å². The van der Waals surface area contributed by atoms with E-state index in [4.69, 9.17) is 10.00 Å². The lowest BCUT2D eigenvalue weighted by Gasteiger charge is -2.37. The third-order valence-corrected chi connectivity index (χ3v) is 6.62. The second kappa shape index (κ2) is 12.7. The second-order valence-electron chi connectivity index (χ2n) is 9.12. The molecule has 3 aromatic rings. The molecular formula is C29H33N5O2. The van der Waals surface area contributed by atoms with Crippen molar-refractivity contribution in [2.45, 2.75) is 50.7 Å². The molecule has 0 radical (unpaired) electrons. The molecule has 1 aliphatic rings. The molecule has 1 saturated carbocycles. The number of benzene rings is 2. The smallest absolute Gasteiger partial charge is 0.322 e. The molecule has 4 rings (SSSR count). The van der Waals surface area contributed by atoms with Gasteiger partial charge in [-0.05, 0) is 67.5 Å². The Bertz CT molecular complexity index is 1140. The number of hydrogen-bond acceptors (Lipinski definition) is 5. The molecule has 7 heteroatoms.